The van der Waals surface area contributed by atoms with Gasteiger partial charge in [0, 0.05) is 23.4 Å². The van der Waals surface area contributed by atoms with Crippen LogP contribution >= 0.6 is 0 Å². The topological polar surface area (TPSA) is 17.8 Å². The van der Waals surface area contributed by atoms with Crippen molar-refractivity contribution in [3.63, 3.8) is 0 Å². The number of alkyl halides is 4. The van der Waals surface area contributed by atoms with E-state index in [0.29, 0.717) is 0 Å². The van der Waals surface area contributed by atoms with Crippen LogP contribution in [-0.2, 0) is 5.92 Å². The van der Waals surface area contributed by atoms with Crippen LogP contribution in [-0.4, -0.2) is 9.78 Å². The Bertz CT molecular complexity index is 506. The lowest BCUT2D eigenvalue weighted by atomic mass is 10.1. The molecule has 2 aliphatic rings. The summed E-state index contributed by atoms with van der Waals surface area (Å²) in [6.07, 6.45) is -2.79. The predicted molar refractivity (Wildman–Crippen MR) is 56.9 cm³/mol. The summed E-state index contributed by atoms with van der Waals surface area (Å²) >= 11 is 0. The summed E-state index contributed by atoms with van der Waals surface area (Å²) in [6, 6.07) is -0.343. The van der Waals surface area contributed by atoms with E-state index in [0.717, 1.165) is 4.68 Å². The summed E-state index contributed by atoms with van der Waals surface area (Å²) in [5, 5.41) is 3.72. The lowest BCUT2D eigenvalue weighted by Crippen LogP contribution is -2.22. The molecule has 3 rings (SSSR count). The third-order valence-corrected chi connectivity index (χ3v) is 4.12. The fourth-order valence-corrected chi connectivity index (χ4v) is 3.28. The van der Waals surface area contributed by atoms with Gasteiger partial charge in [0.2, 0.25) is 0 Å². The van der Waals surface area contributed by atoms with E-state index in [1.165, 1.54) is 0 Å². The van der Waals surface area contributed by atoms with Gasteiger partial charge in [-0.05, 0) is 19.8 Å². The van der Waals surface area contributed by atoms with Crippen molar-refractivity contribution in [2.24, 2.45) is 11.8 Å². The third-order valence-electron chi connectivity index (χ3n) is 4.12. The van der Waals surface area contributed by atoms with Gasteiger partial charge in [-0.1, -0.05) is 6.92 Å². The lowest BCUT2D eigenvalue weighted by Gasteiger charge is -2.18. The first kappa shape index (κ1) is 12.0. The molecule has 1 saturated carbocycles. The van der Waals surface area contributed by atoms with Crippen LogP contribution in [0.15, 0.2) is 0 Å². The molecular formula is C12H14F4N2. The van der Waals surface area contributed by atoms with E-state index in [-0.39, 0.29) is 23.2 Å². The quantitative estimate of drug-likeness (QED) is 0.740. The van der Waals surface area contributed by atoms with Crippen molar-refractivity contribution in [3.8, 4) is 0 Å². The molecule has 100 valence electrons. The summed E-state index contributed by atoms with van der Waals surface area (Å²) in [6.45, 7) is 5.03. The van der Waals surface area contributed by atoms with Crippen LogP contribution in [0, 0.1) is 11.8 Å². The molecular weight excluding hydrogens is 248 g/mol. The van der Waals surface area contributed by atoms with Crippen LogP contribution in [0.2, 0.25) is 0 Å². The maximum atomic E-state index is 14.2. The van der Waals surface area contributed by atoms with Gasteiger partial charge in [-0.15, -0.1) is 0 Å². The molecule has 0 N–H and O–H groups in total. The van der Waals surface area contributed by atoms with E-state index in [2.05, 4.69) is 5.10 Å². The number of nitrogens with zero attached hydrogens (tertiary/aromatic N) is 2. The van der Waals surface area contributed by atoms with Gasteiger partial charge >= 0.3 is 0 Å². The number of halogens is 4. The Hall–Kier alpha value is -1.07. The molecule has 0 amide bonds. The van der Waals surface area contributed by atoms with E-state index in [9.17, 15) is 17.6 Å². The summed E-state index contributed by atoms with van der Waals surface area (Å²) in [5.41, 5.74) is -0.614. The van der Waals surface area contributed by atoms with Gasteiger partial charge in [0.25, 0.3) is 12.3 Å². The molecule has 0 spiro atoms. The molecule has 2 unspecified atom stereocenters. The summed E-state index contributed by atoms with van der Waals surface area (Å²) in [7, 11) is 0. The molecule has 1 aromatic rings. The van der Waals surface area contributed by atoms with Crippen LogP contribution in [0.5, 0.6) is 0 Å². The molecule has 6 heteroatoms. The molecule has 2 nitrogen and oxygen atoms in total. The molecule has 3 atom stereocenters. The van der Waals surface area contributed by atoms with Crippen molar-refractivity contribution in [1.29, 1.82) is 0 Å². The Morgan fingerprint density at radius 1 is 1.28 bits per heavy atom. The van der Waals surface area contributed by atoms with E-state index in [1.54, 1.807) is 20.8 Å². The summed E-state index contributed by atoms with van der Waals surface area (Å²) in [4.78, 5) is 0. The highest BCUT2D eigenvalue weighted by Gasteiger charge is 2.71. The average molecular weight is 262 g/mol. The Kier molecular flexibility index (Phi) is 2.18. The van der Waals surface area contributed by atoms with E-state index in [1.807, 2.05) is 0 Å². The second kappa shape index (κ2) is 3.27. The Morgan fingerprint density at radius 2 is 1.89 bits per heavy atom. The maximum absolute atomic E-state index is 14.2. The monoisotopic (exact) mass is 262 g/mol. The first-order valence-electron chi connectivity index (χ1n) is 6.07. The van der Waals surface area contributed by atoms with Crippen LogP contribution in [0.4, 0.5) is 17.6 Å². The average Bonchev–Trinajstić information content (AvgIpc) is 2.69. The smallest absolute Gasteiger partial charge is 0.260 e. The zero-order valence-electron chi connectivity index (χ0n) is 10.3. The minimum Gasteiger partial charge on any atom is -0.260 e. The van der Waals surface area contributed by atoms with Crippen LogP contribution in [0.1, 0.15) is 56.1 Å². The molecule has 0 radical (unpaired) electrons. The second-order valence-corrected chi connectivity index (χ2v) is 5.52. The van der Waals surface area contributed by atoms with Crippen molar-refractivity contribution in [3.05, 3.63) is 17.0 Å². The van der Waals surface area contributed by atoms with Gasteiger partial charge in [-0.2, -0.15) is 13.9 Å². The van der Waals surface area contributed by atoms with E-state index >= 15 is 0 Å². The lowest BCUT2D eigenvalue weighted by molar-refractivity contribution is -0.0367. The van der Waals surface area contributed by atoms with Crippen molar-refractivity contribution < 1.29 is 17.6 Å². The Labute approximate surface area is 102 Å². The molecule has 0 saturated heterocycles. The number of aromatic nitrogens is 2. The molecule has 1 aromatic heterocycles. The molecule has 0 aromatic carbocycles. The number of fused-ring (bicyclic) bond motifs is 3. The van der Waals surface area contributed by atoms with Gasteiger partial charge < -0.3 is 0 Å². The fourth-order valence-electron chi connectivity index (χ4n) is 3.28. The number of rotatable bonds is 2. The molecule has 2 aliphatic carbocycles. The zero-order chi connectivity index (χ0) is 13.4. The predicted octanol–water partition coefficient (Wildman–Crippen LogP) is 3.86. The zero-order valence-corrected chi connectivity index (χ0v) is 10.3. The third kappa shape index (κ3) is 1.21. The van der Waals surface area contributed by atoms with Gasteiger partial charge in [0.05, 0.1) is 0 Å². The molecule has 1 heterocycles. The van der Waals surface area contributed by atoms with E-state index in [4.69, 9.17) is 0 Å². The standard InChI is InChI=1S/C12H14F4N2/c1-4(2)18-10-7(9(17-18)11(13)14)6-5(3)8(6)12(10,15)16/h4-6,8,11H,1-3H3/t5-,6?,8?/m1/s1. The minimum absolute atomic E-state index is 0.112. The van der Waals surface area contributed by atoms with Crippen LogP contribution in [0.3, 0.4) is 0 Å². The van der Waals surface area contributed by atoms with E-state index < -0.39 is 29.9 Å². The molecule has 0 bridgehead atoms. The summed E-state index contributed by atoms with van der Waals surface area (Å²) < 4.78 is 55.4. The van der Waals surface area contributed by atoms with Gasteiger partial charge in [0.1, 0.15) is 11.4 Å². The highest BCUT2D eigenvalue weighted by Crippen LogP contribution is 2.71. The largest absolute Gasteiger partial charge is 0.293 e. The van der Waals surface area contributed by atoms with Crippen molar-refractivity contribution in [2.75, 3.05) is 0 Å². The molecule has 0 aliphatic heterocycles. The highest BCUT2D eigenvalue weighted by atomic mass is 19.3. The second-order valence-electron chi connectivity index (χ2n) is 5.52. The normalized spacial score (nSPS) is 31.9. The fraction of sp³-hybridized carbons (Fsp3) is 0.750. The maximum Gasteiger partial charge on any atom is 0.293 e. The number of hydrogen-bond acceptors (Lipinski definition) is 1. The highest BCUT2D eigenvalue weighted by molar-refractivity contribution is 5.47. The van der Waals surface area contributed by atoms with Crippen molar-refractivity contribution >= 4 is 0 Å². The SMILES string of the molecule is CC(C)n1nc(C(F)F)c2c1C(F)(F)C1C2[C@H]1C. The number of hydrogen-bond donors (Lipinski definition) is 0. The van der Waals surface area contributed by atoms with Crippen LogP contribution in [0.25, 0.3) is 0 Å². The van der Waals surface area contributed by atoms with Gasteiger partial charge in [-0.3, -0.25) is 4.68 Å². The molecule has 1 fully saturated rings. The minimum atomic E-state index is -3.02. The Balaban J connectivity index is 2.23. The van der Waals surface area contributed by atoms with Gasteiger partial charge in [-0.25, -0.2) is 8.78 Å². The van der Waals surface area contributed by atoms with Gasteiger partial charge in [0.15, 0.2) is 0 Å². The van der Waals surface area contributed by atoms with Crippen LogP contribution < -0.4 is 0 Å². The first-order valence-corrected chi connectivity index (χ1v) is 6.07. The van der Waals surface area contributed by atoms with Crippen molar-refractivity contribution in [1.82, 2.24) is 9.78 Å². The van der Waals surface area contributed by atoms with Crippen molar-refractivity contribution in [2.45, 2.75) is 45.1 Å². The summed E-state index contributed by atoms with van der Waals surface area (Å²) in [5.74, 6) is -4.50. The Morgan fingerprint density at radius 3 is 2.39 bits per heavy atom. The molecule has 18 heavy (non-hydrogen) atoms. The first-order chi connectivity index (χ1) is 8.28.